The maximum absolute atomic E-state index is 5.34. The summed E-state index contributed by atoms with van der Waals surface area (Å²) in [6.07, 6.45) is 3.79. The van der Waals surface area contributed by atoms with Gasteiger partial charge in [0.05, 0.1) is 34.1 Å². The Hall–Kier alpha value is -5.29. The molecule has 38 heavy (non-hydrogen) atoms. The van der Waals surface area contributed by atoms with Crippen molar-refractivity contribution in [2.24, 2.45) is 0 Å². The number of pyridine rings is 3. The summed E-state index contributed by atoms with van der Waals surface area (Å²) in [6.45, 7) is 0. The van der Waals surface area contributed by atoms with Crippen molar-refractivity contribution >= 4 is 44.0 Å². The van der Waals surface area contributed by atoms with E-state index >= 15 is 0 Å². The second-order valence-corrected chi connectivity index (χ2v) is 9.39. The van der Waals surface area contributed by atoms with E-state index in [0.717, 1.165) is 66.6 Å². The highest BCUT2D eigenvalue weighted by Gasteiger charge is 2.20. The van der Waals surface area contributed by atoms with Crippen LogP contribution >= 0.6 is 0 Å². The zero-order valence-electron chi connectivity index (χ0n) is 20.4. The van der Waals surface area contributed by atoms with Gasteiger partial charge in [-0.05, 0) is 48.5 Å². The van der Waals surface area contributed by atoms with Gasteiger partial charge in [-0.3, -0.25) is 19.1 Å². The zero-order valence-corrected chi connectivity index (χ0v) is 20.4. The van der Waals surface area contributed by atoms with Crippen molar-refractivity contribution in [3.63, 3.8) is 0 Å². The third kappa shape index (κ3) is 3.02. The highest BCUT2D eigenvalue weighted by atomic mass is 15.1. The van der Waals surface area contributed by atoms with E-state index in [-0.39, 0.29) is 0 Å². The molecule has 0 aliphatic heterocycles. The van der Waals surface area contributed by atoms with Gasteiger partial charge in [-0.2, -0.15) is 0 Å². The number of aromatic nitrogens is 5. The van der Waals surface area contributed by atoms with Gasteiger partial charge in [0, 0.05) is 33.6 Å². The van der Waals surface area contributed by atoms with E-state index in [9.17, 15) is 0 Å². The topological polar surface area (TPSA) is 48.5 Å². The second-order valence-electron chi connectivity index (χ2n) is 9.39. The Morgan fingerprint density at radius 1 is 0.500 bits per heavy atom. The molecule has 0 aliphatic carbocycles. The summed E-state index contributed by atoms with van der Waals surface area (Å²) >= 11 is 0. The number of para-hydroxylation sites is 2. The molecule has 0 fully saturated rings. The van der Waals surface area contributed by atoms with Crippen LogP contribution in [0.1, 0.15) is 0 Å². The molecule has 0 bridgehead atoms. The summed E-state index contributed by atoms with van der Waals surface area (Å²) in [7, 11) is 0. The van der Waals surface area contributed by atoms with Gasteiger partial charge in [-0.1, -0.05) is 66.7 Å². The van der Waals surface area contributed by atoms with Crippen molar-refractivity contribution < 1.29 is 0 Å². The summed E-state index contributed by atoms with van der Waals surface area (Å²) in [6, 6.07) is 39.6. The lowest BCUT2D eigenvalue weighted by atomic mass is 10.1. The molecule has 0 radical (unpaired) electrons. The molecule has 5 aromatic heterocycles. The molecule has 0 saturated heterocycles. The third-order valence-electron chi connectivity index (χ3n) is 7.21. The molecule has 0 atom stereocenters. The summed E-state index contributed by atoms with van der Waals surface area (Å²) in [5, 5.41) is 3.29. The minimum absolute atomic E-state index is 0.885. The van der Waals surface area contributed by atoms with Crippen molar-refractivity contribution in [3.8, 4) is 22.6 Å². The molecule has 0 amide bonds. The summed E-state index contributed by atoms with van der Waals surface area (Å²) < 4.78 is 4.42. The van der Waals surface area contributed by atoms with Gasteiger partial charge in [0.1, 0.15) is 11.3 Å². The lowest BCUT2D eigenvalue weighted by Gasteiger charge is -2.09. The van der Waals surface area contributed by atoms with E-state index in [1.807, 2.05) is 42.7 Å². The summed E-state index contributed by atoms with van der Waals surface area (Å²) in [5.74, 6) is 0. The Kier molecular flexibility index (Phi) is 4.45. The Morgan fingerprint density at radius 3 is 2.03 bits per heavy atom. The van der Waals surface area contributed by atoms with Crippen LogP contribution in [0, 0.1) is 0 Å². The van der Waals surface area contributed by atoms with E-state index in [2.05, 4.69) is 94.1 Å². The molecule has 0 spiro atoms. The maximum atomic E-state index is 5.34. The number of benzene rings is 3. The average molecular weight is 488 g/mol. The summed E-state index contributed by atoms with van der Waals surface area (Å²) in [4.78, 5) is 14.9. The lowest BCUT2D eigenvalue weighted by molar-refractivity contribution is 1.09. The van der Waals surface area contributed by atoms with Crippen molar-refractivity contribution in [1.82, 2.24) is 24.1 Å². The van der Waals surface area contributed by atoms with E-state index in [0.29, 0.717) is 0 Å². The molecule has 0 saturated carbocycles. The lowest BCUT2D eigenvalue weighted by Crippen LogP contribution is -1.99. The molecular formula is C33H21N5. The van der Waals surface area contributed by atoms with Gasteiger partial charge in [0.15, 0.2) is 0 Å². The molecule has 5 heteroatoms. The van der Waals surface area contributed by atoms with Gasteiger partial charge in [-0.25, -0.2) is 4.98 Å². The van der Waals surface area contributed by atoms with Crippen LogP contribution in [-0.4, -0.2) is 24.1 Å². The number of hydrogen-bond acceptors (Lipinski definition) is 3. The Balaban J connectivity index is 1.45. The van der Waals surface area contributed by atoms with Crippen LogP contribution in [-0.2, 0) is 0 Å². The molecule has 178 valence electrons. The first-order chi connectivity index (χ1) is 18.9. The SMILES string of the molecule is c1ccc(-c2ccc(-n3c4ccccc4c4cc5c6ncccc6n(-c6ccccc6)c5nc43)cn2)cc1. The molecule has 3 aromatic carbocycles. The van der Waals surface area contributed by atoms with Crippen molar-refractivity contribution in [2.45, 2.75) is 0 Å². The number of fused-ring (bicyclic) bond motifs is 6. The normalized spacial score (nSPS) is 11.7. The van der Waals surface area contributed by atoms with Gasteiger partial charge < -0.3 is 0 Å². The zero-order chi connectivity index (χ0) is 25.1. The molecule has 5 heterocycles. The van der Waals surface area contributed by atoms with Crippen molar-refractivity contribution in [2.75, 3.05) is 0 Å². The first-order valence-corrected chi connectivity index (χ1v) is 12.6. The first kappa shape index (κ1) is 20.9. The highest BCUT2D eigenvalue weighted by Crippen LogP contribution is 2.37. The van der Waals surface area contributed by atoms with Crippen LogP contribution in [0.4, 0.5) is 0 Å². The van der Waals surface area contributed by atoms with E-state index in [1.54, 1.807) is 0 Å². The van der Waals surface area contributed by atoms with Crippen molar-refractivity contribution in [3.05, 3.63) is 128 Å². The van der Waals surface area contributed by atoms with Gasteiger partial charge in [0.2, 0.25) is 0 Å². The quantitative estimate of drug-likeness (QED) is 0.256. The van der Waals surface area contributed by atoms with E-state index in [1.165, 1.54) is 0 Å². The smallest absolute Gasteiger partial charge is 0.149 e. The predicted molar refractivity (Wildman–Crippen MR) is 154 cm³/mol. The standard InChI is InChI=1S/C33H21N5/c1-3-10-22(11-4-1)28-18-17-24(21-35-28)38-29-15-8-7-14-25(29)26-20-27-31-30(16-9-19-34-31)37(33(27)36-32(26)38)23-12-5-2-6-13-23/h1-21H. The van der Waals surface area contributed by atoms with Crippen LogP contribution < -0.4 is 0 Å². The summed E-state index contributed by atoms with van der Waals surface area (Å²) in [5.41, 5.74) is 8.95. The van der Waals surface area contributed by atoms with Crippen LogP contribution in [0.5, 0.6) is 0 Å². The fourth-order valence-corrected chi connectivity index (χ4v) is 5.51. The fraction of sp³-hybridized carbons (Fsp3) is 0. The van der Waals surface area contributed by atoms with Crippen LogP contribution in [0.3, 0.4) is 0 Å². The number of nitrogens with zero attached hydrogens (tertiary/aromatic N) is 5. The fourth-order valence-electron chi connectivity index (χ4n) is 5.51. The Morgan fingerprint density at radius 2 is 1.21 bits per heavy atom. The van der Waals surface area contributed by atoms with Crippen molar-refractivity contribution in [1.29, 1.82) is 0 Å². The monoisotopic (exact) mass is 487 g/mol. The minimum atomic E-state index is 0.885. The van der Waals surface area contributed by atoms with Gasteiger partial charge >= 0.3 is 0 Å². The predicted octanol–water partition coefficient (Wildman–Crippen LogP) is 7.73. The van der Waals surface area contributed by atoms with E-state index < -0.39 is 0 Å². The Bertz CT molecular complexity index is 2110. The van der Waals surface area contributed by atoms with E-state index in [4.69, 9.17) is 15.0 Å². The Labute approximate surface area is 218 Å². The first-order valence-electron chi connectivity index (χ1n) is 12.6. The molecule has 0 N–H and O–H groups in total. The van der Waals surface area contributed by atoms with Gasteiger partial charge in [0.25, 0.3) is 0 Å². The van der Waals surface area contributed by atoms with Crippen LogP contribution in [0.25, 0.3) is 66.6 Å². The average Bonchev–Trinajstić information content (AvgIpc) is 3.49. The number of rotatable bonds is 3. The molecule has 0 aliphatic rings. The molecule has 0 unspecified atom stereocenters. The molecular weight excluding hydrogens is 466 g/mol. The molecule has 8 aromatic rings. The number of hydrogen-bond donors (Lipinski definition) is 0. The molecule has 8 rings (SSSR count). The largest absolute Gasteiger partial charge is 0.292 e. The van der Waals surface area contributed by atoms with Crippen LogP contribution in [0.15, 0.2) is 128 Å². The molecule has 5 nitrogen and oxygen atoms in total. The maximum Gasteiger partial charge on any atom is 0.149 e. The third-order valence-corrected chi connectivity index (χ3v) is 7.21. The second kappa shape index (κ2) is 8.11. The highest BCUT2D eigenvalue weighted by molar-refractivity contribution is 6.15. The van der Waals surface area contributed by atoms with Gasteiger partial charge in [-0.15, -0.1) is 0 Å². The van der Waals surface area contributed by atoms with Crippen LogP contribution in [0.2, 0.25) is 0 Å². The minimum Gasteiger partial charge on any atom is -0.292 e.